The largest absolute Gasteiger partial charge is 0.346 e. The van der Waals surface area contributed by atoms with E-state index in [-0.39, 0.29) is 11.9 Å². The number of halogens is 1. The third-order valence-electron chi connectivity index (χ3n) is 3.61. The van der Waals surface area contributed by atoms with Crippen molar-refractivity contribution in [2.45, 2.75) is 12.5 Å². The summed E-state index contributed by atoms with van der Waals surface area (Å²) in [6.07, 6.45) is 2.69. The van der Waals surface area contributed by atoms with E-state index in [4.69, 9.17) is 11.6 Å². The maximum absolute atomic E-state index is 12.0. The van der Waals surface area contributed by atoms with E-state index in [2.05, 4.69) is 15.2 Å². The molecule has 2 aliphatic heterocycles. The molecule has 3 atom stereocenters. The number of rotatable bonds is 2. The molecule has 17 heavy (non-hydrogen) atoms. The summed E-state index contributed by atoms with van der Waals surface area (Å²) in [6, 6.07) is 3.63. The number of hydrogen-bond donors (Lipinski definition) is 1. The second kappa shape index (κ2) is 4.27. The van der Waals surface area contributed by atoms with Crippen LogP contribution in [0.4, 0.5) is 0 Å². The zero-order valence-electron chi connectivity index (χ0n) is 9.40. The lowest BCUT2D eigenvalue weighted by Crippen LogP contribution is -2.43. The van der Waals surface area contributed by atoms with Gasteiger partial charge in [-0.25, -0.2) is 4.98 Å². The Kier molecular flexibility index (Phi) is 2.76. The SMILES string of the molecule is O=C(NC1CN2CC[C@H]1C2)c1ccc(Cl)cn1. The second-order valence-electron chi connectivity index (χ2n) is 4.75. The van der Waals surface area contributed by atoms with Gasteiger partial charge in [0, 0.05) is 25.3 Å². The maximum Gasteiger partial charge on any atom is 0.270 e. The summed E-state index contributed by atoms with van der Waals surface area (Å²) in [5, 5.41) is 3.61. The molecule has 5 heteroatoms. The van der Waals surface area contributed by atoms with E-state index in [9.17, 15) is 4.79 Å². The Balaban J connectivity index is 1.65. The smallest absolute Gasteiger partial charge is 0.270 e. The molecule has 2 aliphatic rings. The van der Waals surface area contributed by atoms with Crippen molar-refractivity contribution in [1.82, 2.24) is 15.2 Å². The van der Waals surface area contributed by atoms with Gasteiger partial charge in [-0.1, -0.05) is 11.6 Å². The Morgan fingerprint density at radius 3 is 2.94 bits per heavy atom. The van der Waals surface area contributed by atoms with Gasteiger partial charge in [0.15, 0.2) is 0 Å². The predicted octanol–water partition coefficient (Wildman–Crippen LogP) is 1.17. The molecule has 3 rings (SSSR count). The Bertz CT molecular complexity index is 434. The Morgan fingerprint density at radius 1 is 1.47 bits per heavy atom. The summed E-state index contributed by atoms with van der Waals surface area (Å²) in [5.74, 6) is 0.520. The molecule has 2 bridgehead atoms. The summed E-state index contributed by atoms with van der Waals surface area (Å²) < 4.78 is 0. The van der Waals surface area contributed by atoms with Crippen molar-refractivity contribution >= 4 is 17.5 Å². The van der Waals surface area contributed by atoms with E-state index in [1.807, 2.05) is 0 Å². The average molecular weight is 252 g/mol. The molecule has 1 N–H and O–H groups in total. The van der Waals surface area contributed by atoms with E-state index in [0.717, 1.165) is 13.1 Å². The summed E-state index contributed by atoms with van der Waals surface area (Å²) in [5.41, 5.74) is 0.437. The molecule has 2 unspecified atom stereocenters. The molecule has 2 saturated heterocycles. The lowest BCUT2D eigenvalue weighted by molar-refractivity contribution is 0.0919. The monoisotopic (exact) mass is 251 g/mol. The van der Waals surface area contributed by atoms with Crippen LogP contribution >= 0.6 is 11.6 Å². The minimum absolute atomic E-state index is 0.0968. The molecule has 1 aromatic heterocycles. The third-order valence-corrected chi connectivity index (χ3v) is 3.83. The Labute approximate surface area is 105 Å². The van der Waals surface area contributed by atoms with E-state index in [0.29, 0.717) is 16.6 Å². The molecule has 0 aromatic carbocycles. The molecule has 1 aromatic rings. The van der Waals surface area contributed by atoms with Crippen LogP contribution in [0.3, 0.4) is 0 Å². The minimum atomic E-state index is -0.0968. The van der Waals surface area contributed by atoms with Crippen molar-refractivity contribution in [3.05, 3.63) is 29.0 Å². The first kappa shape index (κ1) is 11.0. The average Bonchev–Trinajstić information content (AvgIpc) is 2.91. The number of carbonyl (C=O) groups is 1. The van der Waals surface area contributed by atoms with E-state index < -0.39 is 0 Å². The van der Waals surface area contributed by atoms with Crippen molar-refractivity contribution in [2.75, 3.05) is 19.6 Å². The van der Waals surface area contributed by atoms with Crippen LogP contribution in [0.25, 0.3) is 0 Å². The van der Waals surface area contributed by atoms with Crippen LogP contribution in [0, 0.1) is 5.92 Å². The molecule has 4 nitrogen and oxygen atoms in total. The number of aromatic nitrogens is 1. The number of nitrogens with zero attached hydrogens (tertiary/aromatic N) is 2. The van der Waals surface area contributed by atoms with Gasteiger partial charge in [-0.15, -0.1) is 0 Å². The van der Waals surface area contributed by atoms with Crippen molar-refractivity contribution in [3.8, 4) is 0 Å². The topological polar surface area (TPSA) is 45.2 Å². The van der Waals surface area contributed by atoms with Crippen molar-refractivity contribution < 1.29 is 4.79 Å². The van der Waals surface area contributed by atoms with Crippen LogP contribution in [0.5, 0.6) is 0 Å². The standard InChI is InChI=1S/C12H14ClN3O/c13-9-1-2-10(14-5-9)12(17)15-11-7-16-4-3-8(11)6-16/h1-2,5,8,11H,3-4,6-7H2,(H,15,17)/t8-,11?/m0/s1. The van der Waals surface area contributed by atoms with Crippen molar-refractivity contribution in [3.63, 3.8) is 0 Å². The first-order valence-electron chi connectivity index (χ1n) is 5.87. The van der Waals surface area contributed by atoms with Crippen molar-refractivity contribution in [2.24, 2.45) is 5.92 Å². The fraction of sp³-hybridized carbons (Fsp3) is 0.500. The number of pyridine rings is 1. The summed E-state index contributed by atoms with van der Waals surface area (Å²) in [7, 11) is 0. The number of piperidine rings is 1. The number of carbonyl (C=O) groups excluding carboxylic acids is 1. The van der Waals surface area contributed by atoms with Crippen LogP contribution in [0.1, 0.15) is 16.9 Å². The summed E-state index contributed by atoms with van der Waals surface area (Å²) in [4.78, 5) is 18.4. The lowest BCUT2D eigenvalue weighted by Gasteiger charge is -2.22. The van der Waals surface area contributed by atoms with E-state index >= 15 is 0 Å². The molecule has 90 valence electrons. The molecule has 0 saturated carbocycles. The molecular weight excluding hydrogens is 238 g/mol. The highest BCUT2D eigenvalue weighted by Gasteiger charge is 2.38. The van der Waals surface area contributed by atoms with Gasteiger partial charge in [-0.2, -0.15) is 0 Å². The maximum atomic E-state index is 12.0. The van der Waals surface area contributed by atoms with Gasteiger partial charge >= 0.3 is 0 Å². The van der Waals surface area contributed by atoms with Gasteiger partial charge in [0.25, 0.3) is 5.91 Å². The lowest BCUT2D eigenvalue weighted by atomic mass is 10.00. The zero-order valence-corrected chi connectivity index (χ0v) is 10.2. The zero-order chi connectivity index (χ0) is 11.8. The fourth-order valence-corrected chi connectivity index (χ4v) is 2.81. The van der Waals surface area contributed by atoms with Crippen molar-refractivity contribution in [1.29, 1.82) is 0 Å². The summed E-state index contributed by atoms with van der Waals surface area (Å²) in [6.45, 7) is 3.28. The highest BCUT2D eigenvalue weighted by Crippen LogP contribution is 2.27. The number of amides is 1. The van der Waals surface area contributed by atoms with Crippen LogP contribution in [-0.4, -0.2) is 41.5 Å². The fourth-order valence-electron chi connectivity index (χ4n) is 2.70. The number of nitrogens with one attached hydrogen (secondary N) is 1. The first-order chi connectivity index (χ1) is 8.22. The Hall–Kier alpha value is -1.13. The molecule has 2 fully saturated rings. The molecule has 0 spiro atoms. The normalized spacial score (nSPS) is 30.5. The van der Waals surface area contributed by atoms with Gasteiger partial charge in [-0.05, 0) is 31.0 Å². The summed E-state index contributed by atoms with van der Waals surface area (Å²) >= 11 is 5.74. The van der Waals surface area contributed by atoms with Crippen LogP contribution in [0.2, 0.25) is 5.02 Å². The first-order valence-corrected chi connectivity index (χ1v) is 6.25. The van der Waals surface area contributed by atoms with E-state index in [1.165, 1.54) is 19.2 Å². The highest BCUT2D eigenvalue weighted by atomic mass is 35.5. The van der Waals surface area contributed by atoms with Gasteiger partial charge < -0.3 is 10.2 Å². The van der Waals surface area contributed by atoms with E-state index in [1.54, 1.807) is 12.1 Å². The quantitative estimate of drug-likeness (QED) is 0.858. The molecule has 3 heterocycles. The second-order valence-corrected chi connectivity index (χ2v) is 5.19. The van der Waals surface area contributed by atoms with Crippen LogP contribution in [0.15, 0.2) is 18.3 Å². The third kappa shape index (κ3) is 2.15. The molecule has 0 aliphatic carbocycles. The van der Waals surface area contributed by atoms with Crippen LogP contribution < -0.4 is 5.32 Å². The van der Waals surface area contributed by atoms with Gasteiger partial charge in [0.1, 0.15) is 5.69 Å². The Morgan fingerprint density at radius 2 is 2.35 bits per heavy atom. The molecular formula is C12H14ClN3O. The van der Waals surface area contributed by atoms with Crippen LogP contribution in [-0.2, 0) is 0 Å². The van der Waals surface area contributed by atoms with Gasteiger partial charge in [0.05, 0.1) is 5.02 Å². The minimum Gasteiger partial charge on any atom is -0.346 e. The molecule has 0 radical (unpaired) electrons. The predicted molar refractivity (Wildman–Crippen MR) is 65.0 cm³/mol. The van der Waals surface area contributed by atoms with Gasteiger partial charge in [-0.3, -0.25) is 4.79 Å². The van der Waals surface area contributed by atoms with Gasteiger partial charge in [0.2, 0.25) is 0 Å². The highest BCUT2D eigenvalue weighted by molar-refractivity contribution is 6.30. The number of hydrogen-bond acceptors (Lipinski definition) is 3. The number of fused-ring (bicyclic) bond motifs is 2. The molecule has 1 amide bonds.